The third kappa shape index (κ3) is 3.51. The molecule has 0 N–H and O–H groups in total. The van der Waals surface area contributed by atoms with Crippen molar-refractivity contribution in [2.45, 2.75) is 44.9 Å². The van der Waals surface area contributed by atoms with Crippen LogP contribution in [0.1, 0.15) is 55.3 Å². The number of hydrogen-bond donors (Lipinski definition) is 0. The molecule has 1 aliphatic carbocycles. The smallest absolute Gasteiger partial charge is 0.270 e. The lowest BCUT2D eigenvalue weighted by molar-refractivity contribution is -0.384. The Bertz CT molecular complexity index is 616. The van der Waals surface area contributed by atoms with E-state index in [-0.39, 0.29) is 11.6 Å². The molecule has 0 aromatic heterocycles. The van der Waals surface area contributed by atoms with Crippen LogP contribution in [0.2, 0.25) is 0 Å². The number of piperidine rings is 1. The Morgan fingerprint density at radius 2 is 1.78 bits per heavy atom. The zero-order valence-electron chi connectivity index (χ0n) is 13.1. The third-order valence-electron chi connectivity index (χ3n) is 5.42. The highest BCUT2D eigenvalue weighted by Gasteiger charge is 2.37. The average Bonchev–Trinajstić information content (AvgIpc) is 2.56. The molecule has 1 heterocycles. The zero-order chi connectivity index (χ0) is 16.4. The van der Waals surface area contributed by atoms with Crippen LogP contribution < -0.4 is 0 Å². The van der Waals surface area contributed by atoms with Gasteiger partial charge in [0.25, 0.3) is 11.6 Å². The maximum absolute atomic E-state index is 12.8. The van der Waals surface area contributed by atoms with Crippen LogP contribution in [0.15, 0.2) is 18.2 Å². The second-order valence-corrected chi connectivity index (χ2v) is 7.94. The van der Waals surface area contributed by atoms with E-state index in [1.165, 1.54) is 44.2 Å². The number of nitrogens with zero attached hydrogens (tertiary/aromatic N) is 2. The Morgan fingerprint density at radius 3 is 2.39 bits per heavy atom. The molecule has 0 bridgehead atoms. The highest BCUT2D eigenvalue weighted by Crippen LogP contribution is 2.44. The van der Waals surface area contributed by atoms with Gasteiger partial charge in [0.05, 0.1) is 10.5 Å². The predicted octanol–water partition coefficient (Wildman–Crippen LogP) is 4.39. The van der Waals surface area contributed by atoms with Crippen LogP contribution in [0.5, 0.6) is 0 Å². The van der Waals surface area contributed by atoms with Gasteiger partial charge in [-0.1, -0.05) is 19.3 Å². The highest BCUT2D eigenvalue weighted by atomic mass is 127. The topological polar surface area (TPSA) is 63.4 Å². The standard InChI is InChI=1S/C17H21IN2O3/c18-15-5-4-13(20(22)23)12-14(15)16(21)19-10-8-17(9-11-19)6-2-1-3-7-17/h4-5,12H,1-3,6-11H2. The van der Waals surface area contributed by atoms with Crippen molar-refractivity contribution in [2.24, 2.45) is 5.41 Å². The fourth-order valence-electron chi connectivity index (χ4n) is 3.95. The fourth-order valence-corrected chi connectivity index (χ4v) is 4.51. The number of carbonyl (C=O) groups is 1. The number of carbonyl (C=O) groups excluding carboxylic acids is 1. The Labute approximate surface area is 149 Å². The number of halogens is 1. The van der Waals surface area contributed by atoms with E-state index in [0.29, 0.717) is 11.0 Å². The molecule has 1 aromatic rings. The molecule has 1 saturated carbocycles. The van der Waals surface area contributed by atoms with Crippen molar-refractivity contribution in [3.8, 4) is 0 Å². The summed E-state index contributed by atoms with van der Waals surface area (Å²) in [7, 11) is 0. The van der Waals surface area contributed by atoms with Gasteiger partial charge in [-0.25, -0.2) is 0 Å². The van der Waals surface area contributed by atoms with Crippen LogP contribution in [0, 0.1) is 19.1 Å². The van der Waals surface area contributed by atoms with E-state index in [1.54, 1.807) is 6.07 Å². The van der Waals surface area contributed by atoms with E-state index < -0.39 is 4.92 Å². The lowest BCUT2D eigenvalue weighted by Gasteiger charge is -2.44. The number of nitro groups is 1. The van der Waals surface area contributed by atoms with Gasteiger partial charge in [0, 0.05) is 28.8 Å². The summed E-state index contributed by atoms with van der Waals surface area (Å²) >= 11 is 2.08. The van der Waals surface area contributed by atoms with Gasteiger partial charge in [-0.05, 0) is 59.8 Å². The first-order chi connectivity index (χ1) is 11.0. The molecule has 1 amide bonds. The Hall–Kier alpha value is -1.18. The number of non-ortho nitro benzene ring substituents is 1. The number of likely N-dealkylation sites (tertiary alicyclic amines) is 1. The van der Waals surface area contributed by atoms with Gasteiger partial charge in [0.15, 0.2) is 0 Å². The highest BCUT2D eigenvalue weighted by molar-refractivity contribution is 14.1. The second-order valence-electron chi connectivity index (χ2n) is 6.77. The molecule has 1 aromatic carbocycles. The lowest BCUT2D eigenvalue weighted by atomic mass is 9.68. The minimum Gasteiger partial charge on any atom is -0.339 e. The fraction of sp³-hybridized carbons (Fsp3) is 0.588. The molecule has 2 fully saturated rings. The minimum absolute atomic E-state index is 0.0190. The summed E-state index contributed by atoms with van der Waals surface area (Å²) in [6.45, 7) is 1.55. The molecular formula is C17H21IN2O3. The van der Waals surface area contributed by atoms with Crippen molar-refractivity contribution in [1.82, 2.24) is 4.90 Å². The molecule has 6 heteroatoms. The summed E-state index contributed by atoms with van der Waals surface area (Å²) in [5.74, 6) is -0.0660. The van der Waals surface area contributed by atoms with Gasteiger partial charge in [-0.15, -0.1) is 0 Å². The predicted molar refractivity (Wildman–Crippen MR) is 96.5 cm³/mol. The van der Waals surface area contributed by atoms with Crippen molar-refractivity contribution in [3.05, 3.63) is 37.4 Å². The monoisotopic (exact) mass is 428 g/mol. The minimum atomic E-state index is -0.444. The maximum Gasteiger partial charge on any atom is 0.270 e. The Kier molecular flexibility index (Phi) is 4.89. The summed E-state index contributed by atoms with van der Waals surface area (Å²) in [5, 5.41) is 10.9. The summed E-state index contributed by atoms with van der Waals surface area (Å²) in [6, 6.07) is 4.51. The molecule has 0 unspecified atom stereocenters. The largest absolute Gasteiger partial charge is 0.339 e. The van der Waals surface area contributed by atoms with Crippen molar-refractivity contribution in [3.63, 3.8) is 0 Å². The van der Waals surface area contributed by atoms with Crippen molar-refractivity contribution in [1.29, 1.82) is 0 Å². The zero-order valence-corrected chi connectivity index (χ0v) is 15.3. The van der Waals surface area contributed by atoms with Crippen LogP contribution in [0.25, 0.3) is 0 Å². The quantitative estimate of drug-likeness (QED) is 0.399. The van der Waals surface area contributed by atoms with E-state index in [4.69, 9.17) is 0 Å². The van der Waals surface area contributed by atoms with Gasteiger partial charge >= 0.3 is 0 Å². The van der Waals surface area contributed by atoms with Gasteiger partial charge in [-0.3, -0.25) is 14.9 Å². The summed E-state index contributed by atoms with van der Waals surface area (Å²) < 4.78 is 0.774. The van der Waals surface area contributed by atoms with E-state index in [0.717, 1.165) is 29.5 Å². The van der Waals surface area contributed by atoms with Crippen LogP contribution in [0.4, 0.5) is 5.69 Å². The molecule has 0 radical (unpaired) electrons. The van der Waals surface area contributed by atoms with E-state index >= 15 is 0 Å². The normalized spacial score (nSPS) is 20.5. The molecule has 3 rings (SSSR count). The molecule has 0 atom stereocenters. The third-order valence-corrected chi connectivity index (χ3v) is 6.36. The van der Waals surface area contributed by atoms with Crippen LogP contribution >= 0.6 is 22.6 Å². The van der Waals surface area contributed by atoms with Gasteiger partial charge < -0.3 is 4.90 Å². The first-order valence-corrected chi connectivity index (χ1v) is 9.32. The first-order valence-electron chi connectivity index (χ1n) is 8.24. The first kappa shape index (κ1) is 16.7. The van der Waals surface area contributed by atoms with Gasteiger partial charge in [0.2, 0.25) is 0 Å². The molecule has 5 nitrogen and oxygen atoms in total. The maximum atomic E-state index is 12.8. The Balaban J connectivity index is 1.72. The number of hydrogen-bond acceptors (Lipinski definition) is 3. The molecule has 124 valence electrons. The SMILES string of the molecule is O=C(c1cc([N+](=O)[O-])ccc1I)N1CCC2(CCCCC2)CC1. The molecule has 23 heavy (non-hydrogen) atoms. The summed E-state index contributed by atoms with van der Waals surface area (Å²) in [4.78, 5) is 25.1. The van der Waals surface area contributed by atoms with Crippen LogP contribution in [-0.2, 0) is 0 Å². The number of nitro benzene ring substituents is 1. The number of benzene rings is 1. The average molecular weight is 428 g/mol. The summed E-state index contributed by atoms with van der Waals surface area (Å²) in [6.07, 6.45) is 8.71. The molecule has 1 aliphatic heterocycles. The van der Waals surface area contributed by atoms with E-state index in [9.17, 15) is 14.9 Å². The van der Waals surface area contributed by atoms with Crippen molar-refractivity contribution < 1.29 is 9.72 Å². The van der Waals surface area contributed by atoms with Gasteiger partial charge in [-0.2, -0.15) is 0 Å². The van der Waals surface area contributed by atoms with Gasteiger partial charge in [0.1, 0.15) is 0 Å². The van der Waals surface area contributed by atoms with E-state index in [1.807, 2.05) is 4.90 Å². The Morgan fingerprint density at radius 1 is 1.13 bits per heavy atom. The van der Waals surface area contributed by atoms with Crippen LogP contribution in [0.3, 0.4) is 0 Å². The summed E-state index contributed by atoms with van der Waals surface area (Å²) in [5.41, 5.74) is 0.888. The number of rotatable bonds is 2. The molecule has 1 spiro atoms. The van der Waals surface area contributed by atoms with Crippen molar-refractivity contribution >= 4 is 34.2 Å². The molecule has 1 saturated heterocycles. The number of amides is 1. The molecular weight excluding hydrogens is 407 g/mol. The molecule has 2 aliphatic rings. The lowest BCUT2D eigenvalue weighted by Crippen LogP contribution is -2.44. The second kappa shape index (κ2) is 6.75. The van der Waals surface area contributed by atoms with E-state index in [2.05, 4.69) is 22.6 Å². The van der Waals surface area contributed by atoms with Crippen molar-refractivity contribution in [2.75, 3.05) is 13.1 Å². The van der Waals surface area contributed by atoms with Crippen LogP contribution in [-0.4, -0.2) is 28.8 Å².